The monoisotopic (exact) mass is 284 g/mol. The molecule has 3 aromatic rings. The molecule has 0 atom stereocenters. The second-order valence-electron chi connectivity index (χ2n) is 4.48. The van der Waals surface area contributed by atoms with Crippen LogP contribution in [-0.2, 0) is 7.05 Å². The molecular weight excluding hydrogens is 274 g/mol. The second kappa shape index (κ2) is 4.87. The maximum absolute atomic E-state index is 13.7. The van der Waals surface area contributed by atoms with Gasteiger partial charge in [-0.1, -0.05) is 5.92 Å². The molecule has 0 radical (unpaired) electrons. The third kappa shape index (κ3) is 2.41. The van der Waals surface area contributed by atoms with Crippen molar-refractivity contribution in [2.75, 3.05) is 5.73 Å². The van der Waals surface area contributed by atoms with E-state index in [4.69, 9.17) is 5.73 Å². The predicted octanol–water partition coefficient (Wildman–Crippen LogP) is 2.23. The third-order valence-corrected chi connectivity index (χ3v) is 2.91. The number of aryl methyl sites for hydroxylation is 1. The van der Waals surface area contributed by atoms with E-state index in [1.54, 1.807) is 30.1 Å². The van der Waals surface area contributed by atoms with Crippen molar-refractivity contribution in [3.8, 4) is 11.8 Å². The van der Waals surface area contributed by atoms with E-state index in [2.05, 4.69) is 21.9 Å². The Kier molecular flexibility index (Phi) is 3.03. The van der Waals surface area contributed by atoms with E-state index < -0.39 is 11.6 Å². The van der Waals surface area contributed by atoms with Gasteiger partial charge in [0, 0.05) is 7.05 Å². The molecule has 104 valence electrons. The smallest absolute Gasteiger partial charge is 0.164 e. The van der Waals surface area contributed by atoms with Gasteiger partial charge >= 0.3 is 0 Å². The van der Waals surface area contributed by atoms with Gasteiger partial charge in [-0.2, -0.15) is 5.10 Å². The van der Waals surface area contributed by atoms with E-state index in [0.29, 0.717) is 11.2 Å². The molecule has 0 fully saturated rings. The Morgan fingerprint density at radius 1 is 1.10 bits per heavy atom. The van der Waals surface area contributed by atoms with Crippen LogP contribution >= 0.6 is 0 Å². The minimum absolute atomic E-state index is 0.142. The Balaban J connectivity index is 2.05. The maximum Gasteiger partial charge on any atom is 0.164 e. The Bertz CT molecular complexity index is 903. The summed E-state index contributed by atoms with van der Waals surface area (Å²) in [6, 6.07) is 5.64. The first-order chi connectivity index (χ1) is 10.0. The number of nitrogens with two attached hydrogens (primary N) is 1. The maximum atomic E-state index is 13.7. The Morgan fingerprint density at radius 3 is 2.71 bits per heavy atom. The first-order valence-corrected chi connectivity index (χ1v) is 6.10. The van der Waals surface area contributed by atoms with Gasteiger partial charge in [0.1, 0.15) is 22.5 Å². The summed E-state index contributed by atoms with van der Waals surface area (Å²) >= 11 is 0. The van der Waals surface area contributed by atoms with Crippen LogP contribution in [0.2, 0.25) is 0 Å². The van der Waals surface area contributed by atoms with E-state index in [1.165, 1.54) is 0 Å². The molecule has 4 nitrogen and oxygen atoms in total. The van der Waals surface area contributed by atoms with Crippen molar-refractivity contribution in [2.24, 2.45) is 7.05 Å². The summed E-state index contributed by atoms with van der Waals surface area (Å²) in [5.41, 5.74) is 6.69. The van der Waals surface area contributed by atoms with Gasteiger partial charge < -0.3 is 5.73 Å². The fraction of sp³-hybridized carbons (Fsp3) is 0.0667. The number of fused-ring (bicyclic) bond motifs is 1. The summed E-state index contributed by atoms with van der Waals surface area (Å²) in [7, 11) is 1.78. The van der Waals surface area contributed by atoms with Gasteiger partial charge in [-0.05, 0) is 30.2 Å². The van der Waals surface area contributed by atoms with Crippen molar-refractivity contribution >= 4 is 16.7 Å². The highest BCUT2D eigenvalue weighted by Crippen LogP contribution is 2.17. The number of anilines is 1. The third-order valence-electron chi connectivity index (χ3n) is 2.91. The number of hydrogen-bond acceptors (Lipinski definition) is 3. The molecule has 0 spiro atoms. The molecule has 0 aliphatic heterocycles. The van der Waals surface area contributed by atoms with Crippen LogP contribution in [0.15, 0.2) is 30.5 Å². The van der Waals surface area contributed by atoms with E-state index in [9.17, 15) is 8.78 Å². The molecule has 0 aliphatic rings. The lowest BCUT2D eigenvalue weighted by Crippen LogP contribution is -1.97. The number of nitrogen functional groups attached to an aromatic ring is 1. The zero-order chi connectivity index (χ0) is 15.0. The molecule has 0 saturated carbocycles. The second-order valence-corrected chi connectivity index (χ2v) is 4.48. The van der Waals surface area contributed by atoms with Gasteiger partial charge in [0.25, 0.3) is 0 Å². The van der Waals surface area contributed by atoms with Crippen molar-refractivity contribution in [1.82, 2.24) is 14.8 Å². The van der Waals surface area contributed by atoms with Crippen molar-refractivity contribution in [3.63, 3.8) is 0 Å². The van der Waals surface area contributed by atoms with Crippen LogP contribution in [0.4, 0.5) is 14.5 Å². The van der Waals surface area contributed by atoms with Crippen LogP contribution in [0.5, 0.6) is 0 Å². The van der Waals surface area contributed by atoms with Crippen molar-refractivity contribution in [3.05, 3.63) is 53.4 Å². The summed E-state index contributed by atoms with van der Waals surface area (Å²) in [5, 5.41) is 4.18. The van der Waals surface area contributed by atoms with Crippen LogP contribution in [0.3, 0.4) is 0 Å². The minimum Gasteiger partial charge on any atom is -0.396 e. The Morgan fingerprint density at radius 2 is 1.90 bits per heavy atom. The van der Waals surface area contributed by atoms with Gasteiger partial charge in [-0.15, -0.1) is 0 Å². The van der Waals surface area contributed by atoms with Crippen LogP contribution < -0.4 is 5.73 Å². The molecule has 0 amide bonds. The molecule has 6 heteroatoms. The van der Waals surface area contributed by atoms with Gasteiger partial charge in [-0.3, -0.25) is 4.68 Å². The number of benzene rings is 1. The van der Waals surface area contributed by atoms with Crippen LogP contribution in [0.1, 0.15) is 11.3 Å². The van der Waals surface area contributed by atoms with Gasteiger partial charge in [0.2, 0.25) is 0 Å². The molecule has 2 N–H and O–H groups in total. The van der Waals surface area contributed by atoms with E-state index in [-0.39, 0.29) is 11.3 Å². The van der Waals surface area contributed by atoms with Crippen molar-refractivity contribution in [2.45, 2.75) is 0 Å². The molecule has 2 aromatic heterocycles. The summed E-state index contributed by atoms with van der Waals surface area (Å²) in [6.45, 7) is 0. The molecule has 0 saturated heterocycles. The summed E-state index contributed by atoms with van der Waals surface area (Å²) in [4.78, 5) is 4.26. The summed E-state index contributed by atoms with van der Waals surface area (Å²) < 4.78 is 28.9. The van der Waals surface area contributed by atoms with Crippen molar-refractivity contribution in [1.29, 1.82) is 0 Å². The molecule has 1 aromatic carbocycles. The first kappa shape index (κ1) is 13.1. The van der Waals surface area contributed by atoms with Crippen molar-refractivity contribution < 1.29 is 8.78 Å². The number of rotatable bonds is 0. The number of aromatic nitrogens is 3. The normalized spacial score (nSPS) is 10.4. The van der Waals surface area contributed by atoms with Gasteiger partial charge in [-0.25, -0.2) is 13.8 Å². The zero-order valence-corrected chi connectivity index (χ0v) is 11.1. The Labute approximate surface area is 119 Å². The molecule has 21 heavy (non-hydrogen) atoms. The van der Waals surface area contributed by atoms with Gasteiger partial charge in [0.15, 0.2) is 5.82 Å². The van der Waals surface area contributed by atoms with E-state index in [0.717, 1.165) is 17.6 Å². The molecule has 3 rings (SSSR count). The molecular formula is C15H10F2N4. The predicted molar refractivity (Wildman–Crippen MR) is 75.3 cm³/mol. The topological polar surface area (TPSA) is 56.7 Å². The number of hydrogen-bond donors (Lipinski definition) is 1. The van der Waals surface area contributed by atoms with Crippen LogP contribution in [0, 0.1) is 23.5 Å². The molecule has 2 heterocycles. The average molecular weight is 284 g/mol. The highest BCUT2D eigenvalue weighted by Gasteiger charge is 2.09. The highest BCUT2D eigenvalue weighted by molar-refractivity contribution is 5.74. The lowest BCUT2D eigenvalue weighted by Gasteiger charge is -1.99. The number of nitrogens with zero attached hydrogens (tertiary/aromatic N) is 3. The first-order valence-electron chi connectivity index (χ1n) is 6.10. The Hall–Kier alpha value is -2.94. The zero-order valence-electron chi connectivity index (χ0n) is 11.1. The lowest BCUT2D eigenvalue weighted by molar-refractivity contribution is 0.580. The standard InChI is InChI=1S/C15H10F2N4/c1-21-8-14-13(20-21)7-3-9(19-14)2-4-10-11(16)5-6-12(18)15(10)17/h3,5-8H,18H2,1H3. The lowest BCUT2D eigenvalue weighted by atomic mass is 10.1. The SMILES string of the molecule is Cn1cc2nc(C#Cc3c(F)ccc(N)c3F)ccc2n1. The summed E-state index contributed by atoms with van der Waals surface area (Å²) in [6.07, 6.45) is 1.74. The number of pyridine rings is 1. The van der Waals surface area contributed by atoms with Crippen LogP contribution in [0.25, 0.3) is 11.0 Å². The average Bonchev–Trinajstić information content (AvgIpc) is 2.82. The van der Waals surface area contributed by atoms with E-state index in [1.807, 2.05) is 0 Å². The minimum atomic E-state index is -0.857. The fourth-order valence-electron chi connectivity index (χ4n) is 1.90. The fourth-order valence-corrected chi connectivity index (χ4v) is 1.90. The van der Waals surface area contributed by atoms with Crippen LogP contribution in [-0.4, -0.2) is 14.8 Å². The van der Waals surface area contributed by atoms with E-state index >= 15 is 0 Å². The summed E-state index contributed by atoms with van der Waals surface area (Å²) in [5.74, 6) is 3.47. The number of halogens is 2. The molecule has 0 unspecified atom stereocenters. The largest absolute Gasteiger partial charge is 0.396 e. The van der Waals surface area contributed by atoms with Gasteiger partial charge in [0.05, 0.1) is 17.4 Å². The quantitative estimate of drug-likeness (QED) is 0.509. The molecule has 0 bridgehead atoms. The highest BCUT2D eigenvalue weighted by atomic mass is 19.1. The molecule has 0 aliphatic carbocycles.